The minimum Gasteiger partial charge on any atom is -0.484 e. The van der Waals surface area contributed by atoms with Crippen molar-refractivity contribution in [2.75, 3.05) is 11.9 Å². The molecular weight excluding hydrogens is 532 g/mol. The first-order valence-corrected chi connectivity index (χ1v) is 13.4. The Balaban J connectivity index is 1.26. The maximum atomic E-state index is 12.7. The van der Waals surface area contributed by atoms with E-state index in [0.717, 1.165) is 12.1 Å². The van der Waals surface area contributed by atoms with Crippen LogP contribution in [0.5, 0.6) is 5.75 Å². The third kappa shape index (κ3) is 5.99. The standard InChI is InChI=1S/C31H26N8O3/c32-17-21-7-4-8-22(15-21)25-16-26(35-30(34-25)36-29(40)20-42-24-10-2-1-3-11-24)27-19-39(38-37-27)18-23-9-5-12-28(33-23)31(41)13-6-14-31/h1-5,7-12,15-16,19,41H,6,13-14,18,20H2,(H,34,35,36,40). The summed E-state index contributed by atoms with van der Waals surface area (Å²) in [7, 11) is 0. The smallest absolute Gasteiger partial charge is 0.264 e. The number of nitriles is 1. The second-order valence-electron chi connectivity index (χ2n) is 10.0. The van der Waals surface area contributed by atoms with Gasteiger partial charge in [0.15, 0.2) is 6.61 Å². The van der Waals surface area contributed by atoms with E-state index in [0.29, 0.717) is 59.0 Å². The van der Waals surface area contributed by atoms with Gasteiger partial charge in [-0.3, -0.25) is 15.1 Å². The SMILES string of the molecule is N#Cc1cccc(-c2cc(-c3cn(Cc4cccc(C5(O)CCC5)n4)nn3)nc(NC(=O)COc3ccccc3)n2)c1. The number of aliphatic hydroxyl groups is 1. The van der Waals surface area contributed by atoms with Crippen molar-refractivity contribution >= 4 is 11.9 Å². The van der Waals surface area contributed by atoms with Gasteiger partial charge in [0.25, 0.3) is 5.91 Å². The molecule has 11 nitrogen and oxygen atoms in total. The molecule has 0 saturated heterocycles. The lowest BCUT2D eigenvalue weighted by molar-refractivity contribution is -0.118. The molecule has 6 rings (SSSR count). The van der Waals surface area contributed by atoms with Crippen molar-refractivity contribution in [1.82, 2.24) is 29.9 Å². The van der Waals surface area contributed by atoms with E-state index in [-0.39, 0.29) is 12.6 Å². The summed E-state index contributed by atoms with van der Waals surface area (Å²) in [6.07, 6.45) is 4.14. The first kappa shape index (κ1) is 26.7. The summed E-state index contributed by atoms with van der Waals surface area (Å²) in [4.78, 5) is 26.4. The molecular formula is C31H26N8O3. The largest absolute Gasteiger partial charge is 0.484 e. The molecule has 1 saturated carbocycles. The van der Waals surface area contributed by atoms with E-state index in [1.165, 1.54) is 0 Å². The maximum Gasteiger partial charge on any atom is 0.264 e. The number of hydrogen-bond acceptors (Lipinski definition) is 9. The number of aromatic nitrogens is 6. The van der Waals surface area contributed by atoms with Crippen molar-refractivity contribution in [1.29, 1.82) is 5.26 Å². The summed E-state index contributed by atoms with van der Waals surface area (Å²) in [6, 6.07) is 25.5. The number of para-hydroxylation sites is 1. The van der Waals surface area contributed by atoms with E-state index in [1.54, 1.807) is 47.3 Å². The van der Waals surface area contributed by atoms with Crippen LogP contribution in [0, 0.1) is 11.3 Å². The van der Waals surface area contributed by atoms with Gasteiger partial charge in [-0.25, -0.2) is 14.6 Å². The molecule has 0 bridgehead atoms. The first-order chi connectivity index (χ1) is 20.5. The van der Waals surface area contributed by atoms with Crippen molar-refractivity contribution < 1.29 is 14.6 Å². The quantitative estimate of drug-likeness (QED) is 0.272. The number of carbonyl (C=O) groups is 1. The van der Waals surface area contributed by atoms with Crippen molar-refractivity contribution in [3.8, 4) is 34.5 Å². The zero-order chi connectivity index (χ0) is 28.9. The van der Waals surface area contributed by atoms with Gasteiger partial charge in [-0.1, -0.05) is 41.6 Å². The average Bonchev–Trinajstić information content (AvgIpc) is 3.48. The second kappa shape index (κ2) is 11.6. The Morgan fingerprint density at radius 3 is 2.57 bits per heavy atom. The molecule has 42 heavy (non-hydrogen) atoms. The van der Waals surface area contributed by atoms with Gasteiger partial charge in [0, 0.05) is 5.56 Å². The van der Waals surface area contributed by atoms with Crippen LogP contribution in [0.4, 0.5) is 5.95 Å². The van der Waals surface area contributed by atoms with Gasteiger partial charge >= 0.3 is 0 Å². The fraction of sp³-hybridized carbons (Fsp3) is 0.194. The Morgan fingerprint density at radius 2 is 1.79 bits per heavy atom. The summed E-state index contributed by atoms with van der Waals surface area (Å²) in [5.41, 5.74) is 3.09. The molecule has 3 aromatic heterocycles. The molecule has 1 aliphatic rings. The van der Waals surface area contributed by atoms with E-state index in [2.05, 4.69) is 36.7 Å². The minimum absolute atomic E-state index is 0.0594. The molecule has 0 aliphatic heterocycles. The van der Waals surface area contributed by atoms with Crippen molar-refractivity contribution in [2.45, 2.75) is 31.4 Å². The number of amides is 1. The van der Waals surface area contributed by atoms with Gasteiger partial charge in [0.05, 0.1) is 47.1 Å². The van der Waals surface area contributed by atoms with Crippen LogP contribution in [0.15, 0.2) is 85.1 Å². The van der Waals surface area contributed by atoms with Gasteiger partial charge in [-0.05, 0) is 61.7 Å². The zero-order valence-electron chi connectivity index (χ0n) is 22.5. The monoisotopic (exact) mass is 558 g/mol. The fourth-order valence-electron chi connectivity index (χ4n) is 4.61. The lowest BCUT2D eigenvalue weighted by Gasteiger charge is -2.36. The number of carbonyl (C=O) groups excluding carboxylic acids is 1. The Labute approximate surface area is 241 Å². The Bertz CT molecular complexity index is 1780. The van der Waals surface area contributed by atoms with Crippen molar-refractivity contribution in [3.05, 3.63) is 102 Å². The van der Waals surface area contributed by atoms with E-state index in [9.17, 15) is 15.2 Å². The highest BCUT2D eigenvalue weighted by Crippen LogP contribution is 2.40. The third-order valence-electron chi connectivity index (χ3n) is 6.97. The highest BCUT2D eigenvalue weighted by molar-refractivity contribution is 5.90. The van der Waals surface area contributed by atoms with Crippen LogP contribution >= 0.6 is 0 Å². The van der Waals surface area contributed by atoms with Crippen LogP contribution < -0.4 is 10.1 Å². The summed E-state index contributed by atoms with van der Waals surface area (Å²) in [5.74, 6) is 0.189. The second-order valence-corrected chi connectivity index (χ2v) is 10.0. The predicted octanol–water partition coefficient (Wildman–Crippen LogP) is 4.11. The van der Waals surface area contributed by atoms with Crippen LogP contribution in [0.3, 0.4) is 0 Å². The molecule has 11 heteroatoms. The van der Waals surface area contributed by atoms with Gasteiger partial charge in [0.1, 0.15) is 17.0 Å². The molecule has 3 heterocycles. The molecule has 1 fully saturated rings. The van der Waals surface area contributed by atoms with Crippen LogP contribution in [-0.2, 0) is 16.9 Å². The normalized spacial score (nSPS) is 13.5. The van der Waals surface area contributed by atoms with Gasteiger partial charge < -0.3 is 9.84 Å². The number of nitrogens with one attached hydrogen (secondary N) is 1. The molecule has 208 valence electrons. The Hall–Kier alpha value is -5.47. The van der Waals surface area contributed by atoms with Crippen LogP contribution in [-0.4, -0.2) is 47.6 Å². The molecule has 1 aliphatic carbocycles. The molecule has 0 unspecified atom stereocenters. The molecule has 0 spiro atoms. The predicted molar refractivity (Wildman–Crippen MR) is 153 cm³/mol. The average molecular weight is 559 g/mol. The number of benzene rings is 2. The van der Waals surface area contributed by atoms with E-state index in [4.69, 9.17) is 4.74 Å². The molecule has 1 amide bonds. The molecule has 0 atom stereocenters. The highest BCUT2D eigenvalue weighted by atomic mass is 16.5. The third-order valence-corrected chi connectivity index (χ3v) is 6.97. The lowest BCUT2D eigenvalue weighted by atomic mass is 9.77. The first-order valence-electron chi connectivity index (χ1n) is 13.4. The van der Waals surface area contributed by atoms with Crippen LogP contribution in [0.1, 0.15) is 36.2 Å². The zero-order valence-corrected chi connectivity index (χ0v) is 22.5. The lowest BCUT2D eigenvalue weighted by Crippen LogP contribution is -2.34. The van der Waals surface area contributed by atoms with Crippen molar-refractivity contribution in [3.63, 3.8) is 0 Å². The Morgan fingerprint density at radius 1 is 0.976 bits per heavy atom. The van der Waals surface area contributed by atoms with E-state index in [1.807, 2.05) is 42.5 Å². The molecule has 0 radical (unpaired) electrons. The molecule has 5 aromatic rings. The van der Waals surface area contributed by atoms with Gasteiger partial charge in [-0.2, -0.15) is 5.26 Å². The Kier molecular flexibility index (Phi) is 7.36. The molecule has 2 aromatic carbocycles. The molecule has 2 N–H and O–H groups in total. The highest BCUT2D eigenvalue weighted by Gasteiger charge is 2.37. The number of anilines is 1. The number of pyridine rings is 1. The fourth-order valence-corrected chi connectivity index (χ4v) is 4.61. The summed E-state index contributed by atoms with van der Waals surface area (Å²) >= 11 is 0. The van der Waals surface area contributed by atoms with Gasteiger partial charge in [0.2, 0.25) is 5.95 Å². The number of hydrogen-bond donors (Lipinski definition) is 2. The van der Waals surface area contributed by atoms with Crippen LogP contribution in [0.25, 0.3) is 22.6 Å². The number of ether oxygens (including phenoxy) is 1. The summed E-state index contributed by atoms with van der Waals surface area (Å²) in [5, 5.41) is 31.3. The number of rotatable bonds is 9. The van der Waals surface area contributed by atoms with E-state index >= 15 is 0 Å². The topological polar surface area (TPSA) is 152 Å². The van der Waals surface area contributed by atoms with Crippen molar-refractivity contribution in [2.24, 2.45) is 0 Å². The maximum absolute atomic E-state index is 12.7. The van der Waals surface area contributed by atoms with E-state index < -0.39 is 11.5 Å². The van der Waals surface area contributed by atoms with Crippen LogP contribution in [0.2, 0.25) is 0 Å². The minimum atomic E-state index is -0.850. The summed E-state index contributed by atoms with van der Waals surface area (Å²) in [6.45, 7) is 0.119. The summed E-state index contributed by atoms with van der Waals surface area (Å²) < 4.78 is 7.18. The van der Waals surface area contributed by atoms with Gasteiger partial charge in [-0.15, -0.1) is 5.10 Å². The number of nitrogens with zero attached hydrogens (tertiary/aromatic N) is 7.